The van der Waals surface area contributed by atoms with Gasteiger partial charge in [0.15, 0.2) is 17.3 Å². The topological polar surface area (TPSA) is 51.2 Å². The van der Waals surface area contributed by atoms with Gasteiger partial charge in [0.05, 0.1) is 0 Å². The van der Waals surface area contributed by atoms with Crippen molar-refractivity contribution in [3.05, 3.63) is 216 Å². The van der Waals surface area contributed by atoms with Crippen LogP contribution in [0.3, 0.4) is 0 Å². The van der Waals surface area contributed by atoms with Crippen LogP contribution in [-0.4, -0.2) is 17.3 Å². The molecule has 0 amide bonds. The second-order valence-corrected chi connectivity index (χ2v) is 11.5. The van der Waals surface area contributed by atoms with E-state index < -0.39 is 0 Å². The van der Waals surface area contributed by atoms with Crippen molar-refractivity contribution in [1.82, 2.24) is 0 Å². The van der Waals surface area contributed by atoms with E-state index in [4.69, 9.17) is 0 Å². The molecule has 0 atom stereocenters. The third-order valence-electron chi connectivity index (χ3n) is 7.43. The second-order valence-electron chi connectivity index (χ2n) is 11.5. The largest absolute Gasteiger partial charge is 0.290 e. The van der Waals surface area contributed by atoms with Gasteiger partial charge in [-0.3, -0.25) is 14.4 Å². The monoisotopic (exact) mass is 842 g/mol. The minimum atomic E-state index is 0. The normalized spacial score (nSPS) is 22.3. The summed E-state index contributed by atoms with van der Waals surface area (Å²) >= 11 is 0. The van der Waals surface area contributed by atoms with E-state index >= 15 is 0 Å². The SMILES string of the molecule is O=C(C=C1C=CC=CC1)C=C1C=CC=CC1.O=C(C=C1C=CC=CC1)C=C1C=CC=CC1.O=C(C=C1C=CC=CC1)C=C1C=CC=CC1.[Pd].[Pd]. The first-order chi connectivity index (χ1) is 23.5. The number of carbonyl (C=O) groups excluding carboxylic acids is 3. The Balaban J connectivity index is 0.000000255. The van der Waals surface area contributed by atoms with Gasteiger partial charge in [0.2, 0.25) is 0 Å². The summed E-state index contributed by atoms with van der Waals surface area (Å²) in [4.78, 5) is 35.1. The molecule has 0 spiro atoms. The van der Waals surface area contributed by atoms with Crippen LogP contribution in [0.4, 0.5) is 0 Å². The molecule has 0 saturated heterocycles. The first kappa shape index (κ1) is 41.8. The van der Waals surface area contributed by atoms with Gasteiger partial charge < -0.3 is 0 Å². The smallest absolute Gasteiger partial charge is 0.179 e. The third-order valence-corrected chi connectivity index (χ3v) is 7.43. The molecule has 0 fully saturated rings. The number of hydrogen-bond acceptors (Lipinski definition) is 3. The molecule has 0 heterocycles. The van der Waals surface area contributed by atoms with Gasteiger partial charge in [-0.05, 0) is 108 Å². The molecule has 0 unspecified atom stereocenters. The van der Waals surface area contributed by atoms with Crippen LogP contribution in [0.5, 0.6) is 0 Å². The molecule has 0 saturated carbocycles. The Morgan fingerprint density at radius 2 is 0.460 bits per heavy atom. The third kappa shape index (κ3) is 17.4. The fourth-order valence-corrected chi connectivity index (χ4v) is 5.04. The molecule has 260 valence electrons. The zero-order valence-corrected chi connectivity index (χ0v) is 31.0. The Hall–Kier alpha value is -4.35. The average Bonchev–Trinajstić information content (AvgIpc) is 3.11. The fourth-order valence-electron chi connectivity index (χ4n) is 5.04. The van der Waals surface area contributed by atoms with E-state index in [9.17, 15) is 14.4 Å². The van der Waals surface area contributed by atoms with Crippen LogP contribution in [0.25, 0.3) is 0 Å². The molecule has 3 nitrogen and oxygen atoms in total. The first-order valence-electron chi connectivity index (χ1n) is 16.4. The molecule has 50 heavy (non-hydrogen) atoms. The fraction of sp³-hybridized carbons (Fsp3) is 0.133. The Morgan fingerprint density at radius 3 is 0.580 bits per heavy atom. The molecule has 0 aromatic heterocycles. The van der Waals surface area contributed by atoms with Crippen LogP contribution in [-0.2, 0) is 55.2 Å². The van der Waals surface area contributed by atoms with Crippen molar-refractivity contribution in [3.8, 4) is 0 Å². The first-order valence-corrected chi connectivity index (χ1v) is 16.4. The van der Waals surface area contributed by atoms with Crippen molar-refractivity contribution >= 4 is 17.3 Å². The van der Waals surface area contributed by atoms with Gasteiger partial charge in [0.1, 0.15) is 0 Å². The summed E-state index contributed by atoms with van der Waals surface area (Å²) in [6, 6.07) is 0. The van der Waals surface area contributed by atoms with Crippen LogP contribution in [0.2, 0.25) is 0 Å². The Kier molecular flexibility index (Phi) is 20.7. The summed E-state index contributed by atoms with van der Waals surface area (Å²) in [6.45, 7) is 0. The summed E-state index contributed by atoms with van der Waals surface area (Å²) in [5.74, 6) is 0.222. The van der Waals surface area contributed by atoms with E-state index in [2.05, 4.69) is 36.5 Å². The molecule has 0 aromatic carbocycles. The Morgan fingerprint density at radius 1 is 0.300 bits per heavy atom. The maximum absolute atomic E-state index is 11.7. The minimum Gasteiger partial charge on any atom is -0.290 e. The molecule has 0 radical (unpaired) electrons. The zero-order chi connectivity index (χ0) is 33.7. The standard InChI is InChI=1S/3C15H14O.2Pd/c3*16-15(11-13-7-3-1-4-8-13)12-14-9-5-2-6-10-14;;/h3*1-7,9,11-12H,8,10H2;;. The molecule has 0 aliphatic heterocycles. The van der Waals surface area contributed by atoms with E-state index in [1.54, 1.807) is 36.5 Å². The van der Waals surface area contributed by atoms with Crippen molar-refractivity contribution in [2.24, 2.45) is 0 Å². The Labute approximate surface area is 324 Å². The van der Waals surface area contributed by atoms with E-state index in [0.29, 0.717) is 0 Å². The molecule has 5 heteroatoms. The van der Waals surface area contributed by atoms with Crippen LogP contribution < -0.4 is 0 Å². The van der Waals surface area contributed by atoms with Crippen molar-refractivity contribution in [1.29, 1.82) is 0 Å². The van der Waals surface area contributed by atoms with Gasteiger partial charge in [-0.1, -0.05) is 146 Å². The van der Waals surface area contributed by atoms with Crippen molar-refractivity contribution < 1.29 is 55.2 Å². The molecule has 0 bridgehead atoms. The van der Waals surface area contributed by atoms with Crippen LogP contribution in [0.15, 0.2) is 216 Å². The summed E-state index contributed by atoms with van der Waals surface area (Å²) < 4.78 is 0. The Bertz CT molecular complexity index is 1460. The van der Waals surface area contributed by atoms with Crippen LogP contribution in [0.1, 0.15) is 38.5 Å². The summed E-state index contributed by atoms with van der Waals surface area (Å²) in [7, 11) is 0. The van der Waals surface area contributed by atoms with E-state index in [1.807, 2.05) is 109 Å². The van der Waals surface area contributed by atoms with Gasteiger partial charge in [-0.2, -0.15) is 0 Å². The molecule has 6 aliphatic carbocycles. The quantitative estimate of drug-likeness (QED) is 0.198. The zero-order valence-electron chi connectivity index (χ0n) is 27.9. The van der Waals surface area contributed by atoms with Gasteiger partial charge in [-0.15, -0.1) is 0 Å². The number of rotatable bonds is 6. The predicted octanol–water partition coefficient (Wildman–Crippen LogP) is 10.3. The molecule has 0 aromatic rings. The number of ketones is 3. The van der Waals surface area contributed by atoms with Gasteiger partial charge in [0.25, 0.3) is 0 Å². The number of hydrogen-bond donors (Lipinski definition) is 0. The van der Waals surface area contributed by atoms with Crippen LogP contribution >= 0.6 is 0 Å². The molecule has 0 N–H and O–H groups in total. The molecular weight excluding hydrogens is 801 g/mol. The van der Waals surface area contributed by atoms with E-state index in [-0.39, 0.29) is 58.2 Å². The molecule has 6 rings (SSSR count). The second kappa shape index (κ2) is 24.7. The summed E-state index contributed by atoms with van der Waals surface area (Å²) in [5.41, 5.74) is 6.41. The maximum Gasteiger partial charge on any atom is 0.179 e. The minimum absolute atomic E-state index is 0. The number of carbonyl (C=O) groups is 3. The summed E-state index contributed by atoms with van der Waals surface area (Å²) in [6.07, 6.45) is 63.2. The predicted molar refractivity (Wildman–Crippen MR) is 201 cm³/mol. The number of allylic oxidation sites excluding steroid dienone is 36. The summed E-state index contributed by atoms with van der Waals surface area (Å²) in [5, 5.41) is 0. The van der Waals surface area contributed by atoms with Gasteiger partial charge in [0, 0.05) is 40.8 Å². The molecule has 6 aliphatic rings. The molecular formula is C45H42O3Pd2. The van der Waals surface area contributed by atoms with E-state index in [0.717, 1.165) is 72.0 Å². The maximum atomic E-state index is 11.7. The van der Waals surface area contributed by atoms with Crippen molar-refractivity contribution in [2.75, 3.05) is 0 Å². The van der Waals surface area contributed by atoms with Crippen LogP contribution in [0, 0.1) is 0 Å². The van der Waals surface area contributed by atoms with Gasteiger partial charge >= 0.3 is 0 Å². The van der Waals surface area contributed by atoms with Gasteiger partial charge in [-0.25, -0.2) is 0 Å². The van der Waals surface area contributed by atoms with Crippen molar-refractivity contribution in [2.45, 2.75) is 38.5 Å². The average molecular weight is 844 g/mol. The van der Waals surface area contributed by atoms with E-state index in [1.165, 1.54) is 0 Å². The van der Waals surface area contributed by atoms with Crippen molar-refractivity contribution in [3.63, 3.8) is 0 Å².